The molecule has 0 aromatic carbocycles. The summed E-state index contributed by atoms with van der Waals surface area (Å²) in [4.78, 5) is 88.9. The Balaban J connectivity index is 0.000000248. The summed E-state index contributed by atoms with van der Waals surface area (Å²) in [7, 11) is 0. The molecule has 0 aromatic rings. The Bertz CT molecular complexity index is 1170. The van der Waals surface area contributed by atoms with Crippen LogP contribution >= 0.6 is 0 Å². The first-order chi connectivity index (χ1) is 20.0. The Morgan fingerprint density at radius 1 is 0.814 bits per heavy atom. The van der Waals surface area contributed by atoms with Gasteiger partial charge in [0.1, 0.15) is 23.7 Å². The van der Waals surface area contributed by atoms with Crippen LogP contribution in [0.15, 0.2) is 0 Å². The van der Waals surface area contributed by atoms with Crippen LogP contribution in [0.4, 0.5) is 0 Å². The highest BCUT2D eigenvalue weighted by atomic mass is 16.4. The van der Waals surface area contributed by atoms with Gasteiger partial charge in [0.25, 0.3) is 11.8 Å². The predicted molar refractivity (Wildman–Crippen MR) is 151 cm³/mol. The van der Waals surface area contributed by atoms with Crippen molar-refractivity contribution < 1.29 is 43.8 Å². The molecule has 43 heavy (non-hydrogen) atoms. The topological polar surface area (TPSA) is 211 Å². The minimum absolute atomic E-state index is 0.0178. The third-order valence-corrected chi connectivity index (χ3v) is 8.54. The van der Waals surface area contributed by atoms with Crippen LogP contribution in [0.5, 0.6) is 0 Å². The van der Waals surface area contributed by atoms with E-state index in [1.54, 1.807) is 23.6 Å². The normalized spacial score (nSPS) is 25.9. The largest absolute Gasteiger partial charge is 0.480 e. The van der Waals surface area contributed by atoms with E-state index >= 15 is 0 Å². The zero-order chi connectivity index (χ0) is 32.4. The second-order valence-corrected chi connectivity index (χ2v) is 12.5. The van der Waals surface area contributed by atoms with E-state index in [0.717, 1.165) is 12.8 Å². The molecule has 0 bridgehead atoms. The van der Waals surface area contributed by atoms with Gasteiger partial charge in [0.05, 0.1) is 25.7 Å². The third kappa shape index (κ3) is 6.45. The van der Waals surface area contributed by atoms with Crippen molar-refractivity contribution in [2.24, 2.45) is 17.6 Å². The van der Waals surface area contributed by atoms with Crippen LogP contribution in [0.1, 0.15) is 60.3 Å². The molecule has 6 amide bonds. The van der Waals surface area contributed by atoms with Gasteiger partial charge >= 0.3 is 5.97 Å². The molecule has 4 aliphatic rings. The van der Waals surface area contributed by atoms with Gasteiger partial charge in [-0.1, -0.05) is 27.7 Å². The number of carbonyl (C=O) groups excluding carboxylic acids is 6. The quantitative estimate of drug-likeness (QED) is 0.216. The number of aliphatic hydroxyl groups excluding tert-OH is 1. The van der Waals surface area contributed by atoms with E-state index < -0.39 is 41.0 Å². The summed E-state index contributed by atoms with van der Waals surface area (Å²) in [5.41, 5.74) is 3.56. The maximum absolute atomic E-state index is 12.6. The van der Waals surface area contributed by atoms with Crippen molar-refractivity contribution in [3.05, 3.63) is 0 Å². The van der Waals surface area contributed by atoms with Gasteiger partial charge in [0.15, 0.2) is 0 Å². The van der Waals surface area contributed by atoms with Gasteiger partial charge in [-0.15, -0.1) is 0 Å². The average molecular weight is 609 g/mol. The molecule has 15 heteroatoms. The fourth-order valence-electron chi connectivity index (χ4n) is 6.35. The van der Waals surface area contributed by atoms with E-state index in [4.69, 9.17) is 10.8 Å². The van der Waals surface area contributed by atoms with Crippen molar-refractivity contribution in [3.8, 4) is 0 Å². The van der Waals surface area contributed by atoms with Crippen LogP contribution in [0, 0.1) is 11.8 Å². The highest BCUT2D eigenvalue weighted by molar-refractivity contribution is 6.00. The lowest BCUT2D eigenvalue weighted by Crippen LogP contribution is -2.74. The number of primary amides is 1. The maximum atomic E-state index is 12.6. The minimum atomic E-state index is -1.21. The molecule has 0 saturated carbocycles. The van der Waals surface area contributed by atoms with E-state index in [1.165, 1.54) is 16.7 Å². The number of amides is 6. The molecule has 2 spiro atoms. The smallest absolute Gasteiger partial charge is 0.323 e. The molecular weight excluding hydrogens is 564 g/mol. The van der Waals surface area contributed by atoms with Gasteiger partial charge in [-0.05, 0) is 32.6 Å². The molecule has 240 valence electrons. The molecule has 15 nitrogen and oxygen atoms in total. The predicted octanol–water partition coefficient (Wildman–Crippen LogP) is -1.87. The average Bonchev–Trinajstić information content (AvgIpc) is 3.57. The van der Waals surface area contributed by atoms with Gasteiger partial charge in [0, 0.05) is 24.9 Å². The fraction of sp³-hybridized carbons (Fsp3) is 0.750. The number of hydrogen-bond donors (Lipinski definition) is 4. The molecule has 0 aliphatic carbocycles. The number of nitrogens with one attached hydrogen (secondary N) is 1. The van der Waals surface area contributed by atoms with Crippen molar-refractivity contribution in [2.45, 2.75) is 83.5 Å². The summed E-state index contributed by atoms with van der Waals surface area (Å²) in [6.45, 7) is 9.85. The summed E-state index contributed by atoms with van der Waals surface area (Å²) >= 11 is 0. The molecule has 4 heterocycles. The fourth-order valence-corrected chi connectivity index (χ4v) is 6.35. The van der Waals surface area contributed by atoms with Gasteiger partial charge in [-0.25, -0.2) is 0 Å². The van der Waals surface area contributed by atoms with Crippen LogP contribution in [-0.2, 0) is 33.6 Å². The van der Waals surface area contributed by atoms with E-state index in [9.17, 15) is 38.7 Å². The van der Waals surface area contributed by atoms with Crippen LogP contribution in [-0.4, -0.2) is 134 Å². The van der Waals surface area contributed by atoms with Gasteiger partial charge in [-0.2, -0.15) is 0 Å². The van der Waals surface area contributed by atoms with Gasteiger partial charge < -0.3 is 40.9 Å². The number of carbonyl (C=O) groups is 7. The van der Waals surface area contributed by atoms with Crippen molar-refractivity contribution >= 4 is 41.4 Å². The highest BCUT2D eigenvalue weighted by Crippen LogP contribution is 2.40. The molecule has 5 N–H and O–H groups in total. The van der Waals surface area contributed by atoms with Crippen LogP contribution in [0.2, 0.25) is 0 Å². The monoisotopic (exact) mass is 608 g/mol. The number of carboxylic acid groups (broad SMARTS) is 1. The summed E-state index contributed by atoms with van der Waals surface area (Å²) in [6.07, 6.45) is 1.69. The maximum Gasteiger partial charge on any atom is 0.323 e. The van der Waals surface area contributed by atoms with Crippen molar-refractivity contribution in [2.75, 3.05) is 39.3 Å². The third-order valence-electron chi connectivity index (χ3n) is 8.54. The Kier molecular flexibility index (Phi) is 10.1. The standard InChI is InChI=1S/C16H26N4O5.C12H18N2O4/c1-9(2)14(24)20-6-4-5-16(20)8-19(15(16)25)7-11(22)18-12(10(3)21)13(17)23;1-8(2)10(17)14-5-3-4-12(14)7-13(11(12)18)6-9(15)16/h9-10,12,21H,4-8H2,1-3H3,(H2,17,23)(H,18,22);8H,3-7H2,1-2H3,(H,15,16)/t10-,12+,16?;/m1./s1. The molecule has 0 aromatic heterocycles. The van der Waals surface area contributed by atoms with Gasteiger partial charge in [-0.3, -0.25) is 33.6 Å². The number of aliphatic hydroxyl groups is 1. The molecular formula is C28H44N6O9. The SMILES string of the molecule is CC(C)C(=O)N1CCCC12CN(CC(=O)N[C@H](C(N)=O)[C@@H](C)O)C2=O.CC(C)C(=O)N1CCCC12CN(CC(=O)O)C2=O. The van der Waals surface area contributed by atoms with E-state index in [2.05, 4.69) is 5.32 Å². The Morgan fingerprint density at radius 2 is 1.23 bits per heavy atom. The van der Waals surface area contributed by atoms with Crippen LogP contribution in [0.3, 0.4) is 0 Å². The van der Waals surface area contributed by atoms with E-state index in [0.29, 0.717) is 39.0 Å². The minimum Gasteiger partial charge on any atom is -0.480 e. The first-order valence-corrected chi connectivity index (χ1v) is 14.7. The molecule has 4 fully saturated rings. The first-order valence-electron chi connectivity index (χ1n) is 14.7. The molecule has 4 saturated heterocycles. The number of nitrogens with two attached hydrogens (primary N) is 1. The lowest BCUT2D eigenvalue weighted by atomic mass is 9.85. The summed E-state index contributed by atoms with van der Waals surface area (Å²) < 4.78 is 0. The Hall–Kier alpha value is -3.75. The number of rotatable bonds is 9. The lowest BCUT2D eigenvalue weighted by Gasteiger charge is -2.51. The van der Waals surface area contributed by atoms with E-state index in [1.807, 2.05) is 13.8 Å². The Morgan fingerprint density at radius 3 is 1.56 bits per heavy atom. The van der Waals surface area contributed by atoms with Crippen LogP contribution in [0.25, 0.3) is 0 Å². The second kappa shape index (κ2) is 12.9. The Labute approximate surface area is 250 Å². The summed E-state index contributed by atoms with van der Waals surface area (Å²) in [5, 5.41) is 20.5. The van der Waals surface area contributed by atoms with Crippen molar-refractivity contribution in [3.63, 3.8) is 0 Å². The molecule has 4 aliphatic heterocycles. The molecule has 4 rings (SSSR count). The first kappa shape index (κ1) is 33.7. The zero-order valence-corrected chi connectivity index (χ0v) is 25.5. The zero-order valence-electron chi connectivity index (χ0n) is 25.5. The number of likely N-dealkylation sites (tertiary alicyclic amines) is 4. The van der Waals surface area contributed by atoms with E-state index in [-0.39, 0.29) is 48.6 Å². The molecule has 2 unspecified atom stereocenters. The second-order valence-electron chi connectivity index (χ2n) is 12.5. The number of aliphatic carboxylic acids is 1. The molecule has 0 radical (unpaired) electrons. The number of carboxylic acids is 1. The number of β-lactam (4-membered cyclic amide) rings is 2. The lowest BCUT2D eigenvalue weighted by molar-refractivity contribution is -0.171. The van der Waals surface area contributed by atoms with Crippen molar-refractivity contribution in [1.82, 2.24) is 24.9 Å². The number of hydrogen-bond acceptors (Lipinski definition) is 8. The summed E-state index contributed by atoms with van der Waals surface area (Å²) in [6, 6.07) is -1.21. The van der Waals surface area contributed by atoms with Gasteiger partial charge in [0.2, 0.25) is 23.6 Å². The molecule has 4 atom stereocenters. The summed E-state index contributed by atoms with van der Waals surface area (Å²) in [5.74, 6) is -3.31. The number of nitrogens with zero attached hydrogens (tertiary/aromatic N) is 4. The van der Waals surface area contributed by atoms with Crippen LogP contribution < -0.4 is 11.1 Å². The highest BCUT2D eigenvalue weighted by Gasteiger charge is 2.61. The van der Waals surface area contributed by atoms with Crippen molar-refractivity contribution in [1.29, 1.82) is 0 Å².